The maximum atomic E-state index is 6.10. The maximum absolute atomic E-state index is 6.10. The molecule has 2 aromatic rings. The second kappa shape index (κ2) is 6.38. The van der Waals surface area contributed by atoms with E-state index in [1.54, 1.807) is 12.3 Å². The van der Waals surface area contributed by atoms with Gasteiger partial charge in [0, 0.05) is 30.9 Å². The molecule has 4 heteroatoms. The Morgan fingerprint density at radius 3 is 2.83 bits per heavy atom. The topological polar surface area (TPSA) is 48.1 Å². The van der Waals surface area contributed by atoms with Gasteiger partial charge >= 0.3 is 0 Å². The molecule has 0 radical (unpaired) electrons. The Bertz CT molecular complexity index is 502. The Morgan fingerprint density at radius 2 is 2.11 bits per heavy atom. The summed E-state index contributed by atoms with van der Waals surface area (Å²) in [6, 6.07) is 9.53. The number of halogens is 1. The van der Waals surface area contributed by atoms with Crippen molar-refractivity contribution in [3.05, 3.63) is 58.9 Å². The van der Waals surface area contributed by atoms with Gasteiger partial charge in [0.1, 0.15) is 5.75 Å². The number of hydrogen-bond acceptors (Lipinski definition) is 3. The van der Waals surface area contributed by atoms with E-state index >= 15 is 0 Å². The summed E-state index contributed by atoms with van der Waals surface area (Å²) >= 11 is 6.10. The van der Waals surface area contributed by atoms with Crippen LogP contribution in [-0.4, -0.2) is 11.6 Å². The van der Waals surface area contributed by atoms with Crippen molar-refractivity contribution in [2.24, 2.45) is 5.73 Å². The molecule has 2 N–H and O–H groups in total. The molecule has 0 fully saturated rings. The highest BCUT2D eigenvalue weighted by molar-refractivity contribution is 6.32. The number of nitrogens with zero attached hydrogens (tertiary/aromatic N) is 1. The summed E-state index contributed by atoms with van der Waals surface area (Å²) in [5.74, 6) is 0.686. The molecule has 1 aromatic heterocycles. The van der Waals surface area contributed by atoms with Gasteiger partial charge in [-0.15, -0.1) is 0 Å². The van der Waals surface area contributed by atoms with Crippen LogP contribution in [0.25, 0.3) is 0 Å². The molecule has 0 aliphatic carbocycles. The Labute approximate surface area is 112 Å². The molecule has 2 rings (SSSR count). The average Bonchev–Trinajstić information content (AvgIpc) is 2.41. The zero-order chi connectivity index (χ0) is 12.8. The van der Waals surface area contributed by atoms with Crippen LogP contribution in [-0.2, 0) is 13.0 Å². The van der Waals surface area contributed by atoms with E-state index in [1.807, 2.05) is 30.5 Å². The third-order valence-electron chi connectivity index (χ3n) is 2.63. The summed E-state index contributed by atoms with van der Waals surface area (Å²) in [7, 11) is 0. The van der Waals surface area contributed by atoms with Gasteiger partial charge in [-0.2, -0.15) is 0 Å². The average molecular weight is 263 g/mol. The summed E-state index contributed by atoms with van der Waals surface area (Å²) in [4.78, 5) is 4.06. The first-order chi connectivity index (χ1) is 8.81. The lowest BCUT2D eigenvalue weighted by atomic mass is 10.2. The molecule has 1 heterocycles. The van der Waals surface area contributed by atoms with Gasteiger partial charge in [0.25, 0.3) is 0 Å². The van der Waals surface area contributed by atoms with Gasteiger partial charge in [-0.25, -0.2) is 0 Å². The molecule has 94 valence electrons. The minimum Gasteiger partial charge on any atom is -0.491 e. The van der Waals surface area contributed by atoms with E-state index in [-0.39, 0.29) is 0 Å². The van der Waals surface area contributed by atoms with E-state index in [9.17, 15) is 0 Å². The fraction of sp³-hybridized carbons (Fsp3) is 0.214. The summed E-state index contributed by atoms with van der Waals surface area (Å²) in [5.41, 5.74) is 7.72. The maximum Gasteiger partial charge on any atom is 0.142 e. The van der Waals surface area contributed by atoms with E-state index in [0.717, 1.165) is 17.5 Å². The first-order valence-corrected chi connectivity index (χ1v) is 6.18. The molecule has 0 aliphatic rings. The molecule has 0 unspecified atom stereocenters. The normalized spacial score (nSPS) is 10.3. The third kappa shape index (κ3) is 3.22. The van der Waals surface area contributed by atoms with E-state index < -0.39 is 0 Å². The largest absolute Gasteiger partial charge is 0.491 e. The SMILES string of the molecule is NCc1cccc(Cl)c1OCCc1cccnc1. The molecule has 0 bridgehead atoms. The van der Waals surface area contributed by atoms with Crippen LogP contribution in [0.4, 0.5) is 0 Å². The van der Waals surface area contributed by atoms with Crippen molar-refractivity contribution in [1.82, 2.24) is 4.98 Å². The van der Waals surface area contributed by atoms with Gasteiger partial charge in [-0.1, -0.05) is 29.8 Å². The second-order valence-electron chi connectivity index (χ2n) is 3.89. The van der Waals surface area contributed by atoms with E-state index in [1.165, 1.54) is 0 Å². The minimum atomic E-state index is 0.419. The first kappa shape index (κ1) is 12.9. The standard InChI is InChI=1S/C14H15ClN2O/c15-13-5-1-4-12(9-16)14(13)18-8-6-11-3-2-7-17-10-11/h1-5,7,10H,6,8-9,16H2. The number of rotatable bonds is 5. The number of para-hydroxylation sites is 1. The predicted molar refractivity (Wildman–Crippen MR) is 72.8 cm³/mol. The number of aromatic nitrogens is 1. The lowest BCUT2D eigenvalue weighted by Crippen LogP contribution is -2.06. The van der Waals surface area contributed by atoms with Crippen molar-refractivity contribution in [1.29, 1.82) is 0 Å². The highest BCUT2D eigenvalue weighted by atomic mass is 35.5. The van der Waals surface area contributed by atoms with Crippen LogP contribution >= 0.6 is 11.6 Å². The smallest absolute Gasteiger partial charge is 0.142 e. The van der Waals surface area contributed by atoms with E-state index in [4.69, 9.17) is 22.1 Å². The highest BCUT2D eigenvalue weighted by Gasteiger charge is 2.06. The van der Waals surface area contributed by atoms with Gasteiger partial charge in [0.15, 0.2) is 0 Å². The third-order valence-corrected chi connectivity index (χ3v) is 2.93. The van der Waals surface area contributed by atoms with Gasteiger partial charge in [-0.3, -0.25) is 4.98 Å². The molecule has 0 aliphatic heterocycles. The lowest BCUT2D eigenvalue weighted by molar-refractivity contribution is 0.318. The molecule has 3 nitrogen and oxygen atoms in total. The van der Waals surface area contributed by atoms with Gasteiger partial charge < -0.3 is 10.5 Å². The van der Waals surface area contributed by atoms with E-state index in [0.29, 0.717) is 23.9 Å². The number of nitrogens with two attached hydrogens (primary N) is 1. The highest BCUT2D eigenvalue weighted by Crippen LogP contribution is 2.28. The molecular weight excluding hydrogens is 248 g/mol. The number of ether oxygens (including phenoxy) is 1. The fourth-order valence-electron chi connectivity index (χ4n) is 1.69. The minimum absolute atomic E-state index is 0.419. The van der Waals surface area contributed by atoms with Gasteiger partial charge in [0.05, 0.1) is 11.6 Å². The predicted octanol–water partition coefficient (Wildman–Crippen LogP) is 2.82. The molecule has 0 atom stereocenters. The summed E-state index contributed by atoms with van der Waals surface area (Å²) in [5, 5.41) is 0.601. The van der Waals surface area contributed by atoms with Crippen molar-refractivity contribution in [3.63, 3.8) is 0 Å². The summed E-state index contributed by atoms with van der Waals surface area (Å²) in [6.45, 7) is 0.977. The van der Waals surface area contributed by atoms with Crippen LogP contribution in [0.1, 0.15) is 11.1 Å². The summed E-state index contributed by atoms with van der Waals surface area (Å²) < 4.78 is 5.72. The Morgan fingerprint density at radius 1 is 1.22 bits per heavy atom. The first-order valence-electron chi connectivity index (χ1n) is 5.80. The van der Waals surface area contributed by atoms with Gasteiger partial charge in [0.2, 0.25) is 0 Å². The molecule has 0 amide bonds. The Kier molecular flexibility index (Phi) is 4.56. The number of benzene rings is 1. The van der Waals surface area contributed by atoms with Crippen LogP contribution in [0.5, 0.6) is 5.75 Å². The van der Waals surface area contributed by atoms with Crippen molar-refractivity contribution >= 4 is 11.6 Å². The van der Waals surface area contributed by atoms with Crippen LogP contribution in [0, 0.1) is 0 Å². The molecule has 0 saturated heterocycles. The Hall–Kier alpha value is -1.58. The monoisotopic (exact) mass is 262 g/mol. The number of hydrogen-bond donors (Lipinski definition) is 1. The Balaban J connectivity index is 1.98. The molecule has 0 spiro atoms. The van der Waals surface area contributed by atoms with Crippen molar-refractivity contribution < 1.29 is 4.74 Å². The molecule has 1 aromatic carbocycles. The van der Waals surface area contributed by atoms with E-state index in [2.05, 4.69) is 4.98 Å². The van der Waals surface area contributed by atoms with Crippen molar-refractivity contribution in [2.45, 2.75) is 13.0 Å². The molecule has 0 saturated carbocycles. The number of pyridine rings is 1. The van der Waals surface area contributed by atoms with Crippen molar-refractivity contribution in [2.75, 3.05) is 6.61 Å². The van der Waals surface area contributed by atoms with Crippen LogP contribution in [0.15, 0.2) is 42.7 Å². The molecular formula is C14H15ClN2O. The van der Waals surface area contributed by atoms with Crippen molar-refractivity contribution in [3.8, 4) is 5.75 Å². The van der Waals surface area contributed by atoms with Crippen LogP contribution in [0.2, 0.25) is 5.02 Å². The quantitative estimate of drug-likeness (QED) is 0.901. The van der Waals surface area contributed by atoms with Crippen LogP contribution < -0.4 is 10.5 Å². The zero-order valence-electron chi connectivity index (χ0n) is 9.97. The second-order valence-corrected chi connectivity index (χ2v) is 4.30. The lowest BCUT2D eigenvalue weighted by Gasteiger charge is -2.11. The molecule has 18 heavy (non-hydrogen) atoms. The van der Waals surface area contributed by atoms with Gasteiger partial charge in [-0.05, 0) is 17.7 Å². The van der Waals surface area contributed by atoms with Crippen LogP contribution in [0.3, 0.4) is 0 Å². The summed E-state index contributed by atoms with van der Waals surface area (Å²) in [6.07, 6.45) is 4.38. The zero-order valence-corrected chi connectivity index (χ0v) is 10.7. The fourth-order valence-corrected chi connectivity index (χ4v) is 1.94.